The van der Waals surface area contributed by atoms with Crippen LogP contribution in [0.15, 0.2) is 199 Å². The van der Waals surface area contributed by atoms with Gasteiger partial charge in [-0.05, 0) is 95.0 Å². The minimum atomic E-state index is 0.937. The molecule has 0 radical (unpaired) electrons. The lowest BCUT2D eigenvalue weighted by molar-refractivity contribution is 0.676. The van der Waals surface area contributed by atoms with Gasteiger partial charge < -0.3 is 4.42 Å². The lowest BCUT2D eigenvalue weighted by Gasteiger charge is -2.20. The van der Waals surface area contributed by atoms with Gasteiger partial charge in [0.1, 0.15) is 11.2 Å². The van der Waals surface area contributed by atoms with Crippen molar-refractivity contribution in [2.75, 3.05) is 0 Å². The van der Waals surface area contributed by atoms with E-state index in [0.29, 0.717) is 0 Å². The number of benzene rings is 10. The molecule has 1 heteroatoms. The van der Waals surface area contributed by atoms with Crippen LogP contribution in [0.25, 0.3) is 110 Å². The molecule has 0 N–H and O–H groups in total. The van der Waals surface area contributed by atoms with Crippen LogP contribution in [0.4, 0.5) is 0 Å². The number of hydrogen-bond donors (Lipinski definition) is 0. The summed E-state index contributed by atoms with van der Waals surface area (Å²) >= 11 is 0. The van der Waals surface area contributed by atoms with Crippen molar-refractivity contribution >= 4 is 65.0 Å². The molecule has 1 heterocycles. The predicted octanol–water partition coefficient (Wildman–Crippen LogP) is 14.9. The van der Waals surface area contributed by atoms with E-state index in [1.165, 1.54) is 76.8 Å². The molecule has 0 bridgehead atoms. The van der Waals surface area contributed by atoms with Crippen LogP contribution in [0.1, 0.15) is 0 Å². The molecule has 0 spiro atoms. The van der Waals surface area contributed by atoms with Crippen LogP contribution in [0, 0.1) is 0 Å². The third kappa shape index (κ3) is 4.58. The van der Waals surface area contributed by atoms with Gasteiger partial charge in [-0.15, -0.1) is 0 Å². The molecule has 10 aromatic carbocycles. The van der Waals surface area contributed by atoms with Gasteiger partial charge in [0.2, 0.25) is 0 Å². The first-order valence-electron chi connectivity index (χ1n) is 18.3. The van der Waals surface area contributed by atoms with E-state index < -0.39 is 0 Å². The lowest BCUT2D eigenvalue weighted by Crippen LogP contribution is -1.93. The van der Waals surface area contributed by atoms with Gasteiger partial charge >= 0.3 is 0 Å². The fourth-order valence-corrected chi connectivity index (χ4v) is 8.71. The Bertz CT molecular complexity index is 3160. The fraction of sp³-hybridized carbons (Fsp3) is 0. The third-order valence-electron chi connectivity index (χ3n) is 11.0. The quantitative estimate of drug-likeness (QED) is 0.170. The Morgan fingerprint density at radius 3 is 1.51 bits per heavy atom. The smallest absolute Gasteiger partial charge is 0.143 e. The van der Waals surface area contributed by atoms with Crippen LogP contribution >= 0.6 is 0 Å². The first-order valence-corrected chi connectivity index (χ1v) is 18.3. The van der Waals surface area contributed by atoms with Crippen molar-refractivity contribution in [2.24, 2.45) is 0 Å². The van der Waals surface area contributed by atoms with E-state index in [1.807, 2.05) is 0 Å². The Balaban J connectivity index is 1.19. The van der Waals surface area contributed by atoms with Crippen molar-refractivity contribution in [1.29, 1.82) is 0 Å². The Morgan fingerprint density at radius 2 is 0.792 bits per heavy atom. The van der Waals surface area contributed by atoms with Crippen molar-refractivity contribution < 1.29 is 4.42 Å². The average molecular weight is 673 g/mol. The topological polar surface area (TPSA) is 13.1 Å². The van der Waals surface area contributed by atoms with Crippen LogP contribution in [0.3, 0.4) is 0 Å². The van der Waals surface area contributed by atoms with Gasteiger partial charge in [0, 0.05) is 21.5 Å². The van der Waals surface area contributed by atoms with Crippen LogP contribution < -0.4 is 0 Å². The summed E-state index contributed by atoms with van der Waals surface area (Å²) in [7, 11) is 0. The van der Waals surface area contributed by atoms with E-state index in [4.69, 9.17) is 4.42 Å². The van der Waals surface area contributed by atoms with Gasteiger partial charge in [-0.2, -0.15) is 0 Å². The molecule has 11 aromatic rings. The van der Waals surface area contributed by atoms with E-state index >= 15 is 0 Å². The Kier molecular flexibility index (Phi) is 6.62. The zero-order valence-corrected chi connectivity index (χ0v) is 28.9. The van der Waals surface area contributed by atoms with Gasteiger partial charge in [0.25, 0.3) is 0 Å². The largest absolute Gasteiger partial charge is 0.455 e. The summed E-state index contributed by atoms with van der Waals surface area (Å²) in [6.45, 7) is 0. The molecule has 0 atom stereocenters. The lowest BCUT2D eigenvalue weighted by atomic mass is 9.83. The molecule has 246 valence electrons. The second-order valence-electron chi connectivity index (χ2n) is 13.9. The molecule has 0 aliphatic heterocycles. The standard InChI is InChI=1S/C52H32O/c1-2-15-33(16-3-1)38-21-8-9-24-41(38)49-44-27-12-10-25-42(44)48(43-26-11-13-28-45(43)49)37-20-14-19-35(31-37)47-32-36-18-5-7-23-40(36)52-50(47)46-30-29-34-17-4-6-22-39(34)51(46)53-52/h1-32H. The summed E-state index contributed by atoms with van der Waals surface area (Å²) in [6.07, 6.45) is 0. The first-order chi connectivity index (χ1) is 26.3. The highest BCUT2D eigenvalue weighted by atomic mass is 16.3. The molecular formula is C52H32O. The molecule has 0 fully saturated rings. The first kappa shape index (κ1) is 29.7. The zero-order valence-electron chi connectivity index (χ0n) is 28.9. The minimum Gasteiger partial charge on any atom is -0.455 e. The van der Waals surface area contributed by atoms with Crippen molar-refractivity contribution in [2.45, 2.75) is 0 Å². The van der Waals surface area contributed by atoms with Crippen LogP contribution in [-0.2, 0) is 0 Å². The molecule has 0 amide bonds. The van der Waals surface area contributed by atoms with Crippen LogP contribution in [0.5, 0.6) is 0 Å². The number of fused-ring (bicyclic) bond motifs is 9. The molecule has 0 saturated carbocycles. The van der Waals surface area contributed by atoms with Crippen LogP contribution in [0.2, 0.25) is 0 Å². The molecular weight excluding hydrogens is 641 g/mol. The van der Waals surface area contributed by atoms with E-state index in [0.717, 1.165) is 32.7 Å². The monoisotopic (exact) mass is 672 g/mol. The summed E-state index contributed by atoms with van der Waals surface area (Å²) < 4.78 is 6.87. The second kappa shape index (κ2) is 11.8. The molecule has 11 rings (SSSR count). The zero-order chi connectivity index (χ0) is 34.9. The highest BCUT2D eigenvalue weighted by Gasteiger charge is 2.21. The SMILES string of the molecule is c1ccc(-c2ccccc2-c2c3ccccc3c(-c3cccc(-c4cc5ccccc5c5oc6c7ccccc7ccc6c45)c3)c3ccccc23)cc1. The van der Waals surface area contributed by atoms with Crippen LogP contribution in [-0.4, -0.2) is 0 Å². The molecule has 1 nitrogen and oxygen atoms in total. The summed E-state index contributed by atoms with van der Waals surface area (Å²) in [5, 5.41) is 11.9. The number of furan rings is 1. The molecule has 0 aliphatic rings. The molecule has 0 aliphatic carbocycles. The number of rotatable bonds is 4. The maximum Gasteiger partial charge on any atom is 0.143 e. The summed E-state index contributed by atoms with van der Waals surface area (Å²) in [6, 6.07) is 70.5. The normalized spacial score (nSPS) is 11.8. The summed E-state index contributed by atoms with van der Waals surface area (Å²) in [5.74, 6) is 0. The Labute approximate surface area is 307 Å². The third-order valence-corrected chi connectivity index (χ3v) is 11.0. The van der Waals surface area contributed by atoms with Gasteiger partial charge in [0.05, 0.1) is 0 Å². The Hall–Kier alpha value is -6.96. The van der Waals surface area contributed by atoms with Crippen molar-refractivity contribution in [3.63, 3.8) is 0 Å². The maximum absolute atomic E-state index is 6.87. The van der Waals surface area contributed by atoms with E-state index in [2.05, 4.69) is 194 Å². The molecule has 0 saturated heterocycles. The minimum absolute atomic E-state index is 0.937. The van der Waals surface area contributed by atoms with E-state index in [-0.39, 0.29) is 0 Å². The average Bonchev–Trinajstić information content (AvgIpc) is 3.64. The van der Waals surface area contributed by atoms with Gasteiger partial charge in [0.15, 0.2) is 0 Å². The Morgan fingerprint density at radius 1 is 0.264 bits per heavy atom. The molecule has 53 heavy (non-hydrogen) atoms. The van der Waals surface area contributed by atoms with E-state index in [1.54, 1.807) is 0 Å². The van der Waals surface area contributed by atoms with E-state index in [9.17, 15) is 0 Å². The van der Waals surface area contributed by atoms with Gasteiger partial charge in [-0.25, -0.2) is 0 Å². The second-order valence-corrected chi connectivity index (χ2v) is 13.9. The van der Waals surface area contributed by atoms with Crippen molar-refractivity contribution in [3.05, 3.63) is 194 Å². The van der Waals surface area contributed by atoms with Gasteiger partial charge in [-0.3, -0.25) is 0 Å². The molecule has 1 aromatic heterocycles. The predicted molar refractivity (Wildman–Crippen MR) is 225 cm³/mol. The van der Waals surface area contributed by atoms with Crippen molar-refractivity contribution in [1.82, 2.24) is 0 Å². The maximum atomic E-state index is 6.87. The highest BCUT2D eigenvalue weighted by Crippen LogP contribution is 2.48. The number of hydrogen-bond acceptors (Lipinski definition) is 1. The summed E-state index contributed by atoms with van der Waals surface area (Å²) in [5.41, 5.74) is 11.6. The van der Waals surface area contributed by atoms with Gasteiger partial charge in [-0.1, -0.05) is 176 Å². The highest BCUT2D eigenvalue weighted by molar-refractivity contribution is 6.26. The fourth-order valence-electron chi connectivity index (χ4n) is 8.71. The molecule has 0 unspecified atom stereocenters. The summed E-state index contributed by atoms with van der Waals surface area (Å²) in [4.78, 5) is 0. The van der Waals surface area contributed by atoms with Crippen molar-refractivity contribution in [3.8, 4) is 44.5 Å².